The molecule has 0 saturated heterocycles. The van der Waals surface area contributed by atoms with Crippen molar-refractivity contribution in [2.75, 3.05) is 0 Å². The minimum atomic E-state index is 0.768. The van der Waals surface area contributed by atoms with Gasteiger partial charge in [0.05, 0.1) is 6.54 Å². The molecule has 82 valence electrons. The van der Waals surface area contributed by atoms with Gasteiger partial charge in [-0.05, 0) is 25.0 Å². The highest BCUT2D eigenvalue weighted by Gasteiger charge is 2.02. The quantitative estimate of drug-likeness (QED) is 0.784. The first-order valence-electron chi connectivity index (χ1n) is 5.28. The van der Waals surface area contributed by atoms with E-state index in [0.29, 0.717) is 0 Å². The van der Waals surface area contributed by atoms with Crippen molar-refractivity contribution in [1.82, 2.24) is 14.8 Å². The third kappa shape index (κ3) is 2.19. The highest BCUT2D eigenvalue weighted by molar-refractivity contribution is 5.47. The molecule has 0 unspecified atom stereocenters. The van der Waals surface area contributed by atoms with Gasteiger partial charge in [-0.3, -0.25) is 0 Å². The lowest BCUT2D eigenvalue weighted by Gasteiger charge is -2.03. The van der Waals surface area contributed by atoms with Crippen molar-refractivity contribution in [2.45, 2.75) is 20.4 Å². The van der Waals surface area contributed by atoms with Gasteiger partial charge in [-0.2, -0.15) is 5.10 Å². The first kappa shape index (κ1) is 10.6. The fraction of sp³-hybridized carbons (Fsp3) is 0.231. The Kier molecular flexibility index (Phi) is 2.86. The molecular formula is C13H15N3. The Hall–Kier alpha value is -1.90. The maximum Gasteiger partial charge on any atom is 0.147 e. The highest BCUT2D eigenvalue weighted by Crippen LogP contribution is 2.08. The summed E-state index contributed by atoms with van der Waals surface area (Å²) in [5.41, 5.74) is 2.36. The lowest BCUT2D eigenvalue weighted by Crippen LogP contribution is -2.04. The summed E-state index contributed by atoms with van der Waals surface area (Å²) >= 11 is 0. The molecule has 2 aromatic rings. The summed E-state index contributed by atoms with van der Waals surface area (Å²) < 4.78 is 1.91. The van der Waals surface area contributed by atoms with Crippen molar-refractivity contribution in [2.24, 2.45) is 0 Å². The van der Waals surface area contributed by atoms with Crippen LogP contribution in [0.5, 0.6) is 0 Å². The Labute approximate surface area is 95.5 Å². The monoisotopic (exact) mass is 213 g/mol. The summed E-state index contributed by atoms with van der Waals surface area (Å²) in [5.74, 6) is 1.77. The molecule has 0 atom stereocenters. The molecule has 0 aliphatic carbocycles. The van der Waals surface area contributed by atoms with Crippen LogP contribution >= 0.6 is 0 Å². The van der Waals surface area contributed by atoms with Gasteiger partial charge in [-0.1, -0.05) is 36.9 Å². The molecule has 1 heterocycles. The minimum Gasteiger partial charge on any atom is -0.246 e. The van der Waals surface area contributed by atoms with Crippen LogP contribution in [-0.4, -0.2) is 14.8 Å². The second-order valence-electron chi connectivity index (χ2n) is 3.81. The van der Waals surface area contributed by atoms with E-state index in [1.807, 2.05) is 24.6 Å². The summed E-state index contributed by atoms with van der Waals surface area (Å²) in [6.07, 6.45) is 1.84. The zero-order valence-electron chi connectivity index (χ0n) is 9.64. The summed E-state index contributed by atoms with van der Waals surface area (Å²) in [7, 11) is 0. The van der Waals surface area contributed by atoms with Gasteiger partial charge in [0.2, 0.25) is 0 Å². The summed E-state index contributed by atoms with van der Waals surface area (Å²) in [6, 6.07) is 8.30. The molecule has 3 heteroatoms. The minimum absolute atomic E-state index is 0.768. The van der Waals surface area contributed by atoms with Crippen molar-refractivity contribution in [3.8, 4) is 0 Å². The first-order valence-corrected chi connectivity index (χ1v) is 5.28. The van der Waals surface area contributed by atoms with Crippen LogP contribution in [0.15, 0.2) is 30.8 Å². The van der Waals surface area contributed by atoms with Crippen LogP contribution in [-0.2, 0) is 6.54 Å². The number of rotatable bonds is 3. The van der Waals surface area contributed by atoms with E-state index < -0.39 is 0 Å². The number of nitrogens with zero attached hydrogens (tertiary/aromatic N) is 3. The third-order valence-electron chi connectivity index (χ3n) is 2.51. The van der Waals surface area contributed by atoms with Crippen LogP contribution in [0.3, 0.4) is 0 Å². The molecule has 0 spiro atoms. The van der Waals surface area contributed by atoms with E-state index in [1.54, 1.807) is 0 Å². The maximum absolute atomic E-state index is 4.33. The Morgan fingerprint density at radius 1 is 1.25 bits per heavy atom. The van der Waals surface area contributed by atoms with Crippen molar-refractivity contribution >= 4 is 6.08 Å². The number of benzene rings is 1. The molecule has 0 amide bonds. The van der Waals surface area contributed by atoms with Crippen LogP contribution in [0.25, 0.3) is 6.08 Å². The number of aromatic nitrogens is 3. The third-order valence-corrected chi connectivity index (χ3v) is 2.51. The number of hydrogen-bond donors (Lipinski definition) is 0. The van der Waals surface area contributed by atoms with Gasteiger partial charge in [0.25, 0.3) is 0 Å². The Morgan fingerprint density at radius 3 is 2.44 bits per heavy atom. The Bertz CT molecular complexity index is 494. The van der Waals surface area contributed by atoms with Crippen molar-refractivity contribution in [1.29, 1.82) is 0 Å². The summed E-state index contributed by atoms with van der Waals surface area (Å²) in [6.45, 7) is 8.38. The van der Waals surface area contributed by atoms with E-state index in [2.05, 4.69) is 40.9 Å². The van der Waals surface area contributed by atoms with Gasteiger partial charge in [-0.15, -0.1) is 0 Å². The van der Waals surface area contributed by atoms with Crippen molar-refractivity contribution in [3.05, 3.63) is 53.6 Å². The lowest BCUT2D eigenvalue weighted by molar-refractivity contribution is 0.656. The molecule has 0 N–H and O–H groups in total. The summed E-state index contributed by atoms with van der Waals surface area (Å²) in [5, 5.41) is 4.33. The normalized spacial score (nSPS) is 10.4. The van der Waals surface area contributed by atoms with E-state index in [9.17, 15) is 0 Å². The lowest BCUT2D eigenvalue weighted by atomic mass is 10.1. The van der Waals surface area contributed by atoms with Crippen LogP contribution in [0.2, 0.25) is 0 Å². The van der Waals surface area contributed by atoms with Crippen molar-refractivity contribution in [3.63, 3.8) is 0 Å². The van der Waals surface area contributed by atoms with Gasteiger partial charge in [0.1, 0.15) is 11.6 Å². The second kappa shape index (κ2) is 4.31. The second-order valence-corrected chi connectivity index (χ2v) is 3.81. The highest BCUT2D eigenvalue weighted by atomic mass is 15.3. The largest absolute Gasteiger partial charge is 0.246 e. The molecule has 16 heavy (non-hydrogen) atoms. The van der Waals surface area contributed by atoms with E-state index in [4.69, 9.17) is 0 Å². The Balaban J connectivity index is 2.20. The predicted octanol–water partition coefficient (Wildman–Crippen LogP) is 2.59. The molecular weight excluding hydrogens is 198 g/mol. The standard InChI is InChI=1S/C13H15N3/c1-4-12-5-7-13(8-6-12)9-16-11(3)14-10(2)15-16/h4-8H,1,9H2,2-3H3. The topological polar surface area (TPSA) is 30.7 Å². The van der Waals surface area contributed by atoms with Crippen LogP contribution < -0.4 is 0 Å². The summed E-state index contributed by atoms with van der Waals surface area (Å²) in [4.78, 5) is 4.28. The zero-order chi connectivity index (χ0) is 11.5. The smallest absolute Gasteiger partial charge is 0.147 e. The van der Waals surface area contributed by atoms with Crippen LogP contribution in [0, 0.1) is 13.8 Å². The van der Waals surface area contributed by atoms with Gasteiger partial charge in [-0.25, -0.2) is 9.67 Å². The molecule has 1 aromatic carbocycles. The fourth-order valence-electron chi connectivity index (χ4n) is 1.64. The predicted molar refractivity (Wildman–Crippen MR) is 65.1 cm³/mol. The molecule has 0 aliphatic heterocycles. The number of hydrogen-bond acceptors (Lipinski definition) is 2. The SMILES string of the molecule is C=Cc1ccc(Cn2nc(C)nc2C)cc1. The Morgan fingerprint density at radius 2 is 1.94 bits per heavy atom. The van der Waals surface area contributed by atoms with Gasteiger partial charge < -0.3 is 0 Å². The zero-order valence-corrected chi connectivity index (χ0v) is 9.64. The van der Waals surface area contributed by atoms with E-state index in [0.717, 1.165) is 23.8 Å². The van der Waals surface area contributed by atoms with Crippen LogP contribution in [0.1, 0.15) is 22.8 Å². The van der Waals surface area contributed by atoms with E-state index >= 15 is 0 Å². The van der Waals surface area contributed by atoms with E-state index in [1.165, 1.54) is 5.56 Å². The van der Waals surface area contributed by atoms with Gasteiger partial charge in [0.15, 0.2) is 0 Å². The fourth-order valence-corrected chi connectivity index (χ4v) is 1.64. The molecule has 2 rings (SSSR count). The molecule has 0 fully saturated rings. The van der Waals surface area contributed by atoms with E-state index in [-0.39, 0.29) is 0 Å². The molecule has 1 aromatic heterocycles. The molecule has 0 aliphatic rings. The van der Waals surface area contributed by atoms with Crippen molar-refractivity contribution < 1.29 is 0 Å². The van der Waals surface area contributed by atoms with Crippen LogP contribution in [0.4, 0.5) is 0 Å². The molecule has 0 bridgehead atoms. The average molecular weight is 213 g/mol. The molecule has 0 saturated carbocycles. The van der Waals surface area contributed by atoms with Gasteiger partial charge >= 0.3 is 0 Å². The molecule has 0 radical (unpaired) electrons. The number of aryl methyl sites for hydroxylation is 2. The maximum atomic E-state index is 4.33. The first-order chi connectivity index (χ1) is 7.69. The van der Waals surface area contributed by atoms with Gasteiger partial charge in [0, 0.05) is 0 Å². The molecule has 3 nitrogen and oxygen atoms in total. The average Bonchev–Trinajstić information content (AvgIpc) is 2.59.